The number of rotatable bonds is 5. The van der Waals surface area contributed by atoms with Gasteiger partial charge in [0, 0.05) is 12.6 Å². The summed E-state index contributed by atoms with van der Waals surface area (Å²) < 4.78 is 5.56. The maximum Gasteiger partial charge on any atom is 0.237 e. The zero-order valence-corrected chi connectivity index (χ0v) is 13.3. The minimum Gasteiger partial charge on any atom is -0.493 e. The van der Waals surface area contributed by atoms with Gasteiger partial charge in [-0.2, -0.15) is 0 Å². The number of carbonyl (C=O) groups is 2. The predicted octanol–water partition coefficient (Wildman–Crippen LogP) is 2.93. The number of nitrogen functional groups attached to an aromatic ring is 1. The number of benzene rings is 2. The normalized spacial score (nSPS) is 10.2. The van der Waals surface area contributed by atoms with Crippen LogP contribution >= 0.6 is 0 Å². The molecule has 0 bridgehead atoms. The van der Waals surface area contributed by atoms with Gasteiger partial charge in [0.05, 0.1) is 18.7 Å². The average Bonchev–Trinajstić information content (AvgIpc) is 2.47. The summed E-state index contributed by atoms with van der Waals surface area (Å²) in [5.41, 5.74) is 7.76. The number of imide groups is 1. The molecule has 0 fully saturated rings. The van der Waals surface area contributed by atoms with Crippen molar-refractivity contribution in [3.05, 3.63) is 54.1 Å². The molecule has 0 radical (unpaired) electrons. The van der Waals surface area contributed by atoms with Crippen LogP contribution in [0.25, 0.3) is 0 Å². The third kappa shape index (κ3) is 4.57. The first-order valence-electron chi connectivity index (χ1n) is 7.36. The lowest BCUT2D eigenvalue weighted by atomic mass is 10.2. The van der Waals surface area contributed by atoms with Crippen LogP contribution in [0.1, 0.15) is 18.9 Å². The van der Waals surface area contributed by atoms with Crippen molar-refractivity contribution in [2.45, 2.75) is 20.3 Å². The number of ether oxygens (including phenoxy) is 1. The van der Waals surface area contributed by atoms with Crippen molar-refractivity contribution in [3.63, 3.8) is 0 Å². The Kier molecular flexibility index (Phi) is 5.36. The van der Waals surface area contributed by atoms with Crippen LogP contribution in [0.3, 0.4) is 0 Å². The third-order valence-electron chi connectivity index (χ3n) is 3.27. The van der Waals surface area contributed by atoms with Gasteiger partial charge < -0.3 is 10.5 Å². The smallest absolute Gasteiger partial charge is 0.237 e. The summed E-state index contributed by atoms with van der Waals surface area (Å²) in [6, 6.07) is 14.3. The second-order valence-corrected chi connectivity index (χ2v) is 5.26. The Morgan fingerprint density at radius 3 is 2.52 bits per heavy atom. The average molecular weight is 312 g/mol. The van der Waals surface area contributed by atoms with Crippen molar-refractivity contribution < 1.29 is 14.3 Å². The van der Waals surface area contributed by atoms with E-state index in [4.69, 9.17) is 10.5 Å². The molecule has 0 atom stereocenters. The van der Waals surface area contributed by atoms with Crippen LogP contribution < -0.4 is 15.4 Å². The summed E-state index contributed by atoms with van der Waals surface area (Å²) in [5, 5.41) is 0. The highest BCUT2D eigenvalue weighted by Crippen LogP contribution is 2.19. The maximum absolute atomic E-state index is 12.3. The van der Waals surface area contributed by atoms with Gasteiger partial charge in [0.1, 0.15) is 5.75 Å². The van der Waals surface area contributed by atoms with Gasteiger partial charge in [0.25, 0.3) is 0 Å². The van der Waals surface area contributed by atoms with Crippen molar-refractivity contribution >= 4 is 23.2 Å². The molecule has 2 rings (SSSR count). The molecule has 0 saturated heterocycles. The standard InChI is InChI=1S/C18H20N2O3/c1-13-5-3-8-17(11-13)23-10-9-18(22)20(14(2)21)16-7-4-6-15(19)12-16/h3-8,11-12H,9-10,19H2,1-2H3. The first-order chi connectivity index (χ1) is 11.0. The van der Waals surface area contributed by atoms with E-state index in [1.165, 1.54) is 6.92 Å². The van der Waals surface area contributed by atoms with Crippen LogP contribution in [0.2, 0.25) is 0 Å². The Balaban J connectivity index is 2.00. The molecular weight excluding hydrogens is 292 g/mol. The minimum atomic E-state index is -0.351. The maximum atomic E-state index is 12.3. The number of aryl methyl sites for hydroxylation is 1. The minimum absolute atomic E-state index is 0.0995. The number of hydrogen-bond acceptors (Lipinski definition) is 4. The molecule has 0 aromatic heterocycles. The Morgan fingerprint density at radius 2 is 1.87 bits per heavy atom. The topological polar surface area (TPSA) is 72.6 Å². The summed E-state index contributed by atoms with van der Waals surface area (Å²) in [5.74, 6) is 0.0306. The molecule has 2 amide bonds. The van der Waals surface area contributed by atoms with E-state index < -0.39 is 0 Å². The lowest BCUT2D eigenvalue weighted by Crippen LogP contribution is -2.36. The Labute approximate surface area is 135 Å². The molecule has 0 saturated carbocycles. The molecule has 5 heteroatoms. The Morgan fingerprint density at radius 1 is 1.13 bits per heavy atom. The van der Waals surface area contributed by atoms with Gasteiger partial charge in [-0.3, -0.25) is 14.5 Å². The van der Waals surface area contributed by atoms with Crippen molar-refractivity contribution in [1.82, 2.24) is 0 Å². The Bertz CT molecular complexity index is 713. The molecule has 2 aromatic rings. The number of anilines is 2. The molecule has 120 valence electrons. The van der Waals surface area contributed by atoms with Crippen molar-refractivity contribution in [3.8, 4) is 5.75 Å². The van der Waals surface area contributed by atoms with Gasteiger partial charge >= 0.3 is 0 Å². The van der Waals surface area contributed by atoms with Crippen LogP contribution in [0.4, 0.5) is 11.4 Å². The first kappa shape index (κ1) is 16.5. The van der Waals surface area contributed by atoms with E-state index in [1.807, 2.05) is 31.2 Å². The van der Waals surface area contributed by atoms with E-state index in [2.05, 4.69) is 0 Å². The van der Waals surface area contributed by atoms with E-state index in [0.29, 0.717) is 17.1 Å². The molecule has 2 N–H and O–H groups in total. The molecule has 0 heterocycles. The molecule has 0 aliphatic heterocycles. The van der Waals surface area contributed by atoms with Crippen molar-refractivity contribution in [2.24, 2.45) is 0 Å². The molecule has 5 nitrogen and oxygen atoms in total. The molecular formula is C18H20N2O3. The van der Waals surface area contributed by atoms with E-state index in [9.17, 15) is 9.59 Å². The van der Waals surface area contributed by atoms with Crippen molar-refractivity contribution in [1.29, 1.82) is 0 Å². The number of hydrogen-bond donors (Lipinski definition) is 1. The van der Waals surface area contributed by atoms with E-state index in [1.54, 1.807) is 24.3 Å². The van der Waals surface area contributed by atoms with Crippen LogP contribution in [-0.4, -0.2) is 18.4 Å². The van der Waals surface area contributed by atoms with E-state index in [0.717, 1.165) is 10.5 Å². The van der Waals surface area contributed by atoms with Gasteiger partial charge in [-0.15, -0.1) is 0 Å². The molecule has 23 heavy (non-hydrogen) atoms. The first-order valence-corrected chi connectivity index (χ1v) is 7.36. The van der Waals surface area contributed by atoms with Crippen molar-refractivity contribution in [2.75, 3.05) is 17.2 Å². The quantitative estimate of drug-likeness (QED) is 0.862. The summed E-state index contributed by atoms with van der Waals surface area (Å²) >= 11 is 0. The molecule has 0 unspecified atom stereocenters. The van der Waals surface area contributed by atoms with Gasteiger partial charge in [-0.25, -0.2) is 0 Å². The number of amides is 2. The summed E-state index contributed by atoms with van der Waals surface area (Å²) in [6.45, 7) is 3.52. The SMILES string of the molecule is CC(=O)N(C(=O)CCOc1cccc(C)c1)c1cccc(N)c1. The second-order valence-electron chi connectivity index (χ2n) is 5.26. The highest BCUT2D eigenvalue weighted by molar-refractivity contribution is 6.14. The van der Waals surface area contributed by atoms with Gasteiger partial charge in [0.2, 0.25) is 11.8 Å². The lowest BCUT2D eigenvalue weighted by Gasteiger charge is -2.19. The summed E-state index contributed by atoms with van der Waals surface area (Å²) in [4.78, 5) is 25.3. The second kappa shape index (κ2) is 7.45. The zero-order chi connectivity index (χ0) is 16.8. The third-order valence-corrected chi connectivity index (χ3v) is 3.27. The van der Waals surface area contributed by atoms with Gasteiger partial charge in [-0.05, 0) is 42.8 Å². The summed E-state index contributed by atoms with van der Waals surface area (Å²) in [6.07, 6.45) is 0.0995. The van der Waals surface area contributed by atoms with Crippen LogP contribution in [0.15, 0.2) is 48.5 Å². The highest BCUT2D eigenvalue weighted by atomic mass is 16.5. The van der Waals surface area contributed by atoms with Crippen LogP contribution in [0.5, 0.6) is 5.75 Å². The van der Waals surface area contributed by atoms with Crippen LogP contribution in [-0.2, 0) is 9.59 Å². The van der Waals surface area contributed by atoms with E-state index >= 15 is 0 Å². The molecule has 2 aromatic carbocycles. The monoisotopic (exact) mass is 312 g/mol. The fraction of sp³-hybridized carbons (Fsp3) is 0.222. The number of nitrogens with two attached hydrogens (primary N) is 1. The molecule has 0 aliphatic rings. The Hall–Kier alpha value is -2.82. The predicted molar refractivity (Wildman–Crippen MR) is 90.3 cm³/mol. The largest absolute Gasteiger partial charge is 0.493 e. The zero-order valence-electron chi connectivity index (χ0n) is 13.3. The fourth-order valence-electron chi connectivity index (χ4n) is 2.24. The van der Waals surface area contributed by atoms with Gasteiger partial charge in [-0.1, -0.05) is 18.2 Å². The molecule has 0 aliphatic carbocycles. The lowest BCUT2D eigenvalue weighted by molar-refractivity contribution is -0.125. The summed E-state index contributed by atoms with van der Waals surface area (Å²) in [7, 11) is 0. The highest BCUT2D eigenvalue weighted by Gasteiger charge is 2.20. The number of nitrogens with zero attached hydrogens (tertiary/aromatic N) is 1. The van der Waals surface area contributed by atoms with E-state index in [-0.39, 0.29) is 24.8 Å². The number of carbonyl (C=O) groups excluding carboxylic acids is 2. The fourth-order valence-corrected chi connectivity index (χ4v) is 2.24. The molecule has 0 spiro atoms. The van der Waals surface area contributed by atoms with Crippen LogP contribution in [0, 0.1) is 6.92 Å². The van der Waals surface area contributed by atoms with Gasteiger partial charge in [0.15, 0.2) is 0 Å².